The Morgan fingerprint density at radius 3 is 2.14 bits per heavy atom. The van der Waals surface area contributed by atoms with Gasteiger partial charge in [0.15, 0.2) is 0 Å². The second kappa shape index (κ2) is 13.0. The minimum atomic E-state index is -1.09. The zero-order chi connectivity index (χ0) is 27.8. The Morgan fingerprint density at radius 2 is 1.62 bits per heavy atom. The summed E-state index contributed by atoms with van der Waals surface area (Å²) >= 11 is 0. The number of hydrogen-bond acceptors (Lipinski definition) is 4. The molecule has 2 aromatic carbocycles. The van der Waals surface area contributed by atoms with E-state index in [-0.39, 0.29) is 12.5 Å². The maximum atomic E-state index is 13.8. The molecule has 0 bridgehead atoms. The molecule has 0 aliphatic heterocycles. The van der Waals surface area contributed by atoms with Gasteiger partial charge in [-0.3, -0.25) is 14.5 Å². The number of terminal acetylenes is 1. The fourth-order valence-corrected chi connectivity index (χ4v) is 4.04. The topological polar surface area (TPSA) is 87.7 Å². The molecule has 0 radical (unpaired) electrons. The van der Waals surface area contributed by atoms with Crippen LogP contribution in [-0.4, -0.2) is 34.5 Å². The van der Waals surface area contributed by atoms with Gasteiger partial charge in [-0.05, 0) is 58.1 Å². The molecule has 7 nitrogen and oxygen atoms in total. The van der Waals surface area contributed by atoms with E-state index in [2.05, 4.69) is 16.7 Å². The van der Waals surface area contributed by atoms with Gasteiger partial charge < -0.3 is 15.4 Å². The van der Waals surface area contributed by atoms with Crippen LogP contribution in [0.4, 0.5) is 4.79 Å². The maximum absolute atomic E-state index is 13.8. The third kappa shape index (κ3) is 9.30. The summed E-state index contributed by atoms with van der Waals surface area (Å²) in [6, 6.07) is 15.5. The largest absolute Gasteiger partial charge is 0.444 e. The molecular weight excluding hydrogens is 466 g/mol. The molecule has 0 fully saturated rings. The van der Waals surface area contributed by atoms with Crippen molar-refractivity contribution in [2.45, 2.75) is 79.1 Å². The van der Waals surface area contributed by atoms with E-state index >= 15 is 0 Å². The zero-order valence-electron chi connectivity index (χ0n) is 22.9. The van der Waals surface area contributed by atoms with Crippen molar-refractivity contribution in [3.63, 3.8) is 0 Å². The predicted molar refractivity (Wildman–Crippen MR) is 145 cm³/mol. The lowest BCUT2D eigenvalue weighted by Gasteiger charge is -2.31. The molecule has 2 unspecified atom stereocenters. The van der Waals surface area contributed by atoms with Gasteiger partial charge in [-0.15, -0.1) is 0 Å². The van der Waals surface area contributed by atoms with Crippen molar-refractivity contribution in [1.29, 1.82) is 0 Å². The molecule has 0 saturated heterocycles. The molecule has 0 aromatic heterocycles. The molecular formula is C30H39N3O4. The van der Waals surface area contributed by atoms with Gasteiger partial charge in [-0.1, -0.05) is 79.9 Å². The van der Waals surface area contributed by atoms with Crippen molar-refractivity contribution in [3.8, 4) is 12.5 Å². The number of nitrogens with zero attached hydrogens (tertiary/aromatic N) is 1. The lowest BCUT2D eigenvalue weighted by Crippen LogP contribution is -2.51. The molecule has 7 heteroatoms. The molecule has 2 atom stereocenters. The van der Waals surface area contributed by atoms with E-state index in [4.69, 9.17) is 11.2 Å². The SMILES string of the molecule is C#CN(C(=O)C(CC(C)C)NC(=O)OC(C)(C)C)C(C(=O)NCc1ccccc1)c1cc(C)cc(C)c1. The van der Waals surface area contributed by atoms with Crippen LogP contribution in [0.25, 0.3) is 0 Å². The van der Waals surface area contributed by atoms with Crippen LogP contribution in [0.15, 0.2) is 48.5 Å². The van der Waals surface area contributed by atoms with Gasteiger partial charge in [-0.2, -0.15) is 0 Å². The molecule has 0 saturated carbocycles. The van der Waals surface area contributed by atoms with Gasteiger partial charge in [0.25, 0.3) is 5.91 Å². The van der Waals surface area contributed by atoms with Gasteiger partial charge in [0.05, 0.1) is 0 Å². The Kier molecular flexibility index (Phi) is 10.3. The first-order valence-corrected chi connectivity index (χ1v) is 12.5. The van der Waals surface area contributed by atoms with Crippen LogP contribution in [0.2, 0.25) is 0 Å². The standard InChI is InChI=1S/C30H39N3O4/c1-9-33(28(35)25(15-20(2)3)32-29(36)37-30(6,7)8)26(24-17-21(4)16-22(5)18-24)27(34)31-19-23-13-11-10-12-14-23/h1,10-14,16-18,20,25-26H,15,19H2,2-8H3,(H,31,34)(H,32,36). The normalized spacial score (nSPS) is 12.7. The van der Waals surface area contributed by atoms with Crippen LogP contribution >= 0.6 is 0 Å². The van der Waals surface area contributed by atoms with Gasteiger partial charge in [0, 0.05) is 12.6 Å². The number of carbonyl (C=O) groups is 3. The number of hydrogen-bond donors (Lipinski definition) is 2. The number of benzene rings is 2. The lowest BCUT2D eigenvalue weighted by molar-refractivity contribution is -0.139. The highest BCUT2D eigenvalue weighted by Crippen LogP contribution is 2.25. The minimum Gasteiger partial charge on any atom is -0.444 e. The van der Waals surface area contributed by atoms with Crippen LogP contribution in [0.3, 0.4) is 0 Å². The number of carbonyl (C=O) groups excluding carboxylic acids is 3. The van der Waals surface area contributed by atoms with Crippen LogP contribution in [-0.2, 0) is 20.9 Å². The fourth-order valence-electron chi connectivity index (χ4n) is 4.04. The number of nitrogens with one attached hydrogen (secondary N) is 2. The Balaban J connectivity index is 2.43. The highest BCUT2D eigenvalue weighted by molar-refractivity contribution is 5.93. The first-order chi connectivity index (χ1) is 17.3. The van der Waals surface area contributed by atoms with E-state index in [9.17, 15) is 14.4 Å². The van der Waals surface area contributed by atoms with E-state index < -0.39 is 35.6 Å². The van der Waals surface area contributed by atoms with Crippen molar-refractivity contribution in [2.75, 3.05) is 0 Å². The maximum Gasteiger partial charge on any atom is 0.408 e. The minimum absolute atomic E-state index is 0.0649. The Labute approximate surface area is 221 Å². The van der Waals surface area contributed by atoms with Gasteiger partial charge >= 0.3 is 6.09 Å². The first kappa shape index (κ1) is 29.4. The molecule has 0 aliphatic rings. The first-order valence-electron chi connectivity index (χ1n) is 12.5. The van der Waals surface area contributed by atoms with Gasteiger partial charge in [0.2, 0.25) is 5.91 Å². The Morgan fingerprint density at radius 1 is 1.03 bits per heavy atom. The number of ether oxygens (including phenoxy) is 1. The van der Waals surface area contributed by atoms with Crippen molar-refractivity contribution < 1.29 is 19.1 Å². The summed E-state index contributed by atoms with van der Waals surface area (Å²) in [5.41, 5.74) is 2.64. The highest BCUT2D eigenvalue weighted by Gasteiger charge is 2.36. The van der Waals surface area contributed by atoms with Crippen molar-refractivity contribution >= 4 is 17.9 Å². The molecule has 0 spiro atoms. The molecule has 2 rings (SSSR count). The van der Waals surface area contributed by atoms with Crippen LogP contribution in [0.1, 0.15) is 69.3 Å². The fraction of sp³-hybridized carbons (Fsp3) is 0.433. The average Bonchev–Trinajstić information content (AvgIpc) is 2.78. The summed E-state index contributed by atoms with van der Waals surface area (Å²) in [6.45, 7) is 13.2. The third-order valence-electron chi connectivity index (χ3n) is 5.45. The summed E-state index contributed by atoms with van der Waals surface area (Å²) in [5.74, 6) is -0.906. The van der Waals surface area contributed by atoms with E-state index in [0.717, 1.165) is 21.6 Å². The number of rotatable bonds is 9. The van der Waals surface area contributed by atoms with Crippen LogP contribution in [0.5, 0.6) is 0 Å². The Hall–Kier alpha value is -3.79. The lowest BCUT2D eigenvalue weighted by atomic mass is 9.97. The number of amides is 3. The van der Waals surface area contributed by atoms with E-state index in [1.807, 2.05) is 76.2 Å². The van der Waals surface area contributed by atoms with Gasteiger partial charge in [-0.25, -0.2) is 4.79 Å². The quantitative estimate of drug-likeness (QED) is 0.370. The zero-order valence-corrected chi connectivity index (χ0v) is 22.9. The van der Waals surface area contributed by atoms with Crippen LogP contribution in [0, 0.1) is 32.2 Å². The monoisotopic (exact) mass is 505 g/mol. The molecule has 0 aliphatic carbocycles. The van der Waals surface area contributed by atoms with Crippen LogP contribution < -0.4 is 10.6 Å². The molecule has 37 heavy (non-hydrogen) atoms. The average molecular weight is 506 g/mol. The van der Waals surface area contributed by atoms with Crippen molar-refractivity contribution in [1.82, 2.24) is 15.5 Å². The second-order valence-electron chi connectivity index (χ2n) is 10.7. The molecule has 3 amide bonds. The van der Waals surface area contributed by atoms with Crippen molar-refractivity contribution in [2.24, 2.45) is 5.92 Å². The molecule has 2 aromatic rings. The van der Waals surface area contributed by atoms with E-state index in [0.29, 0.717) is 12.0 Å². The Bertz CT molecular complexity index is 1110. The van der Waals surface area contributed by atoms with Gasteiger partial charge in [0.1, 0.15) is 17.7 Å². The molecule has 198 valence electrons. The summed E-state index contributed by atoms with van der Waals surface area (Å²) < 4.78 is 5.37. The summed E-state index contributed by atoms with van der Waals surface area (Å²) in [5, 5.41) is 5.58. The second-order valence-corrected chi connectivity index (χ2v) is 10.7. The van der Waals surface area contributed by atoms with E-state index in [1.54, 1.807) is 20.8 Å². The molecule has 2 N–H and O–H groups in total. The molecule has 0 heterocycles. The number of aryl methyl sites for hydroxylation is 2. The summed E-state index contributed by atoms with van der Waals surface area (Å²) in [6.07, 6.45) is 5.46. The summed E-state index contributed by atoms with van der Waals surface area (Å²) in [4.78, 5) is 41.0. The smallest absolute Gasteiger partial charge is 0.408 e. The summed E-state index contributed by atoms with van der Waals surface area (Å²) in [7, 11) is 0. The van der Waals surface area contributed by atoms with Crippen molar-refractivity contribution in [3.05, 3.63) is 70.8 Å². The number of alkyl carbamates (subject to hydrolysis) is 1. The predicted octanol–water partition coefficient (Wildman–Crippen LogP) is 5.02. The van der Waals surface area contributed by atoms with E-state index in [1.165, 1.54) is 0 Å². The third-order valence-corrected chi connectivity index (χ3v) is 5.45. The highest BCUT2D eigenvalue weighted by atomic mass is 16.6.